The summed E-state index contributed by atoms with van der Waals surface area (Å²) in [4.78, 5) is 16.8. The molecular weight excluding hydrogens is 264 g/mol. The van der Waals surface area contributed by atoms with Crippen LogP contribution in [0.15, 0.2) is 31.0 Å². The van der Waals surface area contributed by atoms with Gasteiger partial charge in [-0.05, 0) is 44.2 Å². The highest BCUT2D eigenvalue weighted by atomic mass is 15.1. The second kappa shape index (κ2) is 6.58. The Balaban J connectivity index is 1.69. The van der Waals surface area contributed by atoms with E-state index in [4.69, 9.17) is 5.73 Å². The van der Waals surface area contributed by atoms with Crippen molar-refractivity contribution in [3.8, 4) is 0 Å². The Morgan fingerprint density at radius 2 is 1.90 bits per heavy atom. The minimum absolute atomic E-state index is 0.517. The summed E-state index contributed by atoms with van der Waals surface area (Å²) in [5.74, 6) is 1.80. The molecule has 1 aliphatic carbocycles. The molecule has 0 saturated heterocycles. The Morgan fingerprint density at radius 3 is 2.62 bits per heavy atom. The van der Waals surface area contributed by atoms with Gasteiger partial charge in [0, 0.05) is 17.8 Å². The lowest BCUT2D eigenvalue weighted by molar-refractivity contribution is 0.329. The first-order chi connectivity index (χ1) is 10.3. The normalized spacial score (nSPS) is 22.0. The van der Waals surface area contributed by atoms with Crippen LogP contribution in [0.25, 0.3) is 0 Å². The topological polar surface area (TPSA) is 89.6 Å². The molecule has 3 rings (SSSR count). The van der Waals surface area contributed by atoms with E-state index >= 15 is 0 Å². The number of nitrogens with zero attached hydrogens (tertiary/aromatic N) is 4. The Kier molecular flexibility index (Phi) is 4.35. The molecule has 0 aliphatic heterocycles. The zero-order chi connectivity index (χ0) is 14.5. The van der Waals surface area contributed by atoms with Crippen LogP contribution in [0.5, 0.6) is 0 Å². The molecular formula is C15H20N6. The maximum absolute atomic E-state index is 5.75. The van der Waals surface area contributed by atoms with E-state index < -0.39 is 0 Å². The van der Waals surface area contributed by atoms with E-state index in [-0.39, 0.29) is 0 Å². The number of hydrogen-bond donors (Lipinski definition) is 2. The lowest BCUT2D eigenvalue weighted by atomic mass is 9.80. The highest BCUT2D eigenvalue weighted by molar-refractivity contribution is 5.49. The molecule has 0 amide bonds. The molecule has 0 aromatic carbocycles. The largest absolute Gasteiger partial charge is 0.330 e. The van der Waals surface area contributed by atoms with Crippen LogP contribution in [0, 0.1) is 5.92 Å². The van der Waals surface area contributed by atoms with Crippen LogP contribution < -0.4 is 11.1 Å². The van der Waals surface area contributed by atoms with Crippen LogP contribution in [0.3, 0.4) is 0 Å². The average Bonchev–Trinajstić information content (AvgIpc) is 2.56. The molecule has 1 saturated carbocycles. The van der Waals surface area contributed by atoms with Gasteiger partial charge >= 0.3 is 0 Å². The molecule has 0 radical (unpaired) electrons. The van der Waals surface area contributed by atoms with Crippen LogP contribution in [-0.4, -0.2) is 26.5 Å². The van der Waals surface area contributed by atoms with Crippen molar-refractivity contribution in [1.29, 1.82) is 0 Å². The van der Waals surface area contributed by atoms with E-state index in [0.29, 0.717) is 17.8 Å². The van der Waals surface area contributed by atoms with Gasteiger partial charge in [-0.1, -0.05) is 0 Å². The van der Waals surface area contributed by atoms with E-state index in [1.807, 2.05) is 12.3 Å². The van der Waals surface area contributed by atoms with Crippen LogP contribution in [0.1, 0.15) is 37.3 Å². The van der Waals surface area contributed by atoms with Crippen LogP contribution in [0.2, 0.25) is 0 Å². The summed E-state index contributed by atoms with van der Waals surface area (Å²) in [6.07, 6.45) is 11.4. The predicted octanol–water partition coefficient (Wildman–Crippen LogP) is 2.24. The van der Waals surface area contributed by atoms with E-state index in [1.165, 1.54) is 19.2 Å². The zero-order valence-electron chi connectivity index (χ0n) is 11.9. The number of nitrogens with two attached hydrogens (primary N) is 1. The number of nitrogens with one attached hydrogen (secondary N) is 1. The second-order valence-electron chi connectivity index (χ2n) is 5.51. The summed E-state index contributed by atoms with van der Waals surface area (Å²) in [5.41, 5.74) is 7.65. The van der Waals surface area contributed by atoms with E-state index in [2.05, 4.69) is 25.3 Å². The van der Waals surface area contributed by atoms with E-state index in [9.17, 15) is 0 Å². The Hall–Kier alpha value is -2.08. The fourth-order valence-electron chi connectivity index (χ4n) is 2.85. The van der Waals surface area contributed by atoms with Crippen molar-refractivity contribution in [2.75, 3.05) is 11.9 Å². The molecule has 2 aromatic rings. The van der Waals surface area contributed by atoms with Gasteiger partial charge in [0.25, 0.3) is 0 Å². The van der Waals surface area contributed by atoms with Crippen molar-refractivity contribution in [3.63, 3.8) is 0 Å². The first-order valence-electron chi connectivity index (χ1n) is 7.40. The van der Waals surface area contributed by atoms with Gasteiger partial charge in [-0.2, -0.15) is 0 Å². The molecule has 21 heavy (non-hydrogen) atoms. The summed E-state index contributed by atoms with van der Waals surface area (Å²) in [6.45, 7) is 0.803. The van der Waals surface area contributed by atoms with Gasteiger partial charge in [-0.3, -0.25) is 0 Å². The van der Waals surface area contributed by atoms with Gasteiger partial charge in [0.05, 0.1) is 18.1 Å². The van der Waals surface area contributed by atoms with Crippen molar-refractivity contribution in [3.05, 3.63) is 36.7 Å². The number of rotatable bonds is 4. The van der Waals surface area contributed by atoms with Crippen LogP contribution in [-0.2, 0) is 0 Å². The smallest absolute Gasteiger partial charge is 0.227 e. The Morgan fingerprint density at radius 1 is 1.14 bits per heavy atom. The molecule has 1 fully saturated rings. The van der Waals surface area contributed by atoms with Gasteiger partial charge in [-0.25, -0.2) is 19.9 Å². The number of anilines is 2. The minimum atomic E-state index is 0.517. The van der Waals surface area contributed by atoms with Gasteiger partial charge in [0.1, 0.15) is 6.33 Å². The predicted molar refractivity (Wildman–Crippen MR) is 81.1 cm³/mol. The molecule has 0 unspecified atom stereocenters. The fraction of sp³-hybridized carbons (Fsp3) is 0.467. The van der Waals surface area contributed by atoms with Crippen molar-refractivity contribution >= 4 is 11.6 Å². The first-order valence-corrected chi connectivity index (χ1v) is 7.40. The standard InChI is InChI=1S/C15H20N6/c16-7-11-1-3-12(4-2-11)14-5-6-19-15(21-14)20-13-8-17-10-18-9-13/h5-6,8-12H,1-4,7,16H2,(H,19,20,21). The molecule has 0 atom stereocenters. The molecule has 2 aromatic heterocycles. The van der Waals surface area contributed by atoms with Gasteiger partial charge in [-0.15, -0.1) is 0 Å². The van der Waals surface area contributed by atoms with Crippen molar-refractivity contribution in [2.45, 2.75) is 31.6 Å². The van der Waals surface area contributed by atoms with Gasteiger partial charge in [0.15, 0.2) is 0 Å². The first kappa shape index (κ1) is 13.9. The summed E-state index contributed by atoms with van der Waals surface area (Å²) < 4.78 is 0. The van der Waals surface area contributed by atoms with Crippen molar-refractivity contribution in [1.82, 2.24) is 19.9 Å². The lowest BCUT2D eigenvalue weighted by Gasteiger charge is -2.27. The monoisotopic (exact) mass is 284 g/mol. The highest BCUT2D eigenvalue weighted by Crippen LogP contribution is 2.34. The number of aromatic nitrogens is 4. The van der Waals surface area contributed by atoms with E-state index in [0.717, 1.165) is 30.8 Å². The van der Waals surface area contributed by atoms with Crippen molar-refractivity contribution in [2.24, 2.45) is 11.7 Å². The molecule has 3 N–H and O–H groups in total. The third-order valence-electron chi connectivity index (χ3n) is 4.09. The summed E-state index contributed by atoms with van der Waals surface area (Å²) in [7, 11) is 0. The quantitative estimate of drug-likeness (QED) is 0.895. The fourth-order valence-corrected chi connectivity index (χ4v) is 2.85. The molecule has 6 heteroatoms. The lowest BCUT2D eigenvalue weighted by Crippen LogP contribution is -2.21. The van der Waals surface area contributed by atoms with Crippen LogP contribution >= 0.6 is 0 Å². The van der Waals surface area contributed by atoms with Gasteiger partial charge < -0.3 is 11.1 Å². The molecule has 0 bridgehead atoms. The van der Waals surface area contributed by atoms with Gasteiger partial charge in [0.2, 0.25) is 5.95 Å². The SMILES string of the molecule is NCC1CCC(c2ccnc(Nc3cncnc3)n2)CC1. The summed E-state index contributed by atoms with van der Waals surface area (Å²) >= 11 is 0. The van der Waals surface area contributed by atoms with E-state index in [1.54, 1.807) is 12.4 Å². The zero-order valence-corrected chi connectivity index (χ0v) is 11.9. The molecule has 110 valence electrons. The molecule has 1 aliphatic rings. The average molecular weight is 284 g/mol. The number of hydrogen-bond acceptors (Lipinski definition) is 6. The summed E-state index contributed by atoms with van der Waals surface area (Å²) in [6, 6.07) is 2.01. The molecule has 0 spiro atoms. The summed E-state index contributed by atoms with van der Waals surface area (Å²) in [5, 5.41) is 3.14. The Bertz CT molecular complexity index is 565. The minimum Gasteiger partial charge on any atom is -0.330 e. The maximum atomic E-state index is 5.75. The third-order valence-corrected chi connectivity index (χ3v) is 4.09. The molecule has 6 nitrogen and oxygen atoms in total. The molecule has 2 heterocycles. The Labute approximate surface area is 124 Å². The maximum Gasteiger partial charge on any atom is 0.227 e. The van der Waals surface area contributed by atoms with Crippen LogP contribution in [0.4, 0.5) is 11.6 Å². The highest BCUT2D eigenvalue weighted by Gasteiger charge is 2.22. The van der Waals surface area contributed by atoms with Crippen molar-refractivity contribution < 1.29 is 0 Å². The second-order valence-corrected chi connectivity index (χ2v) is 5.51. The third kappa shape index (κ3) is 3.52.